The Bertz CT molecular complexity index is 597. The van der Waals surface area contributed by atoms with Gasteiger partial charge in [-0.2, -0.15) is 0 Å². The van der Waals surface area contributed by atoms with Gasteiger partial charge in [-0.15, -0.1) is 11.3 Å². The van der Waals surface area contributed by atoms with E-state index in [0.717, 1.165) is 28.3 Å². The summed E-state index contributed by atoms with van der Waals surface area (Å²) in [5.41, 5.74) is 0. The van der Waals surface area contributed by atoms with E-state index in [4.69, 9.17) is 5.11 Å². The second kappa shape index (κ2) is 5.52. The lowest BCUT2D eigenvalue weighted by Gasteiger charge is -2.21. The Labute approximate surface area is 115 Å². The molecule has 0 radical (unpaired) electrons. The molecule has 2 aromatic rings. The fourth-order valence-corrected chi connectivity index (χ4v) is 2.68. The van der Waals surface area contributed by atoms with Crippen molar-refractivity contribution in [2.45, 2.75) is 20.3 Å². The molecule has 0 spiro atoms. The van der Waals surface area contributed by atoms with Crippen molar-refractivity contribution in [1.29, 1.82) is 0 Å². The third kappa shape index (κ3) is 2.84. The molecule has 2 heterocycles. The summed E-state index contributed by atoms with van der Waals surface area (Å²) < 4.78 is 0. The molecule has 0 bridgehead atoms. The van der Waals surface area contributed by atoms with Crippen molar-refractivity contribution in [3.63, 3.8) is 0 Å². The van der Waals surface area contributed by atoms with E-state index in [1.807, 2.05) is 30.3 Å². The van der Waals surface area contributed by atoms with Gasteiger partial charge in [-0.25, -0.2) is 9.97 Å². The molecule has 0 aliphatic rings. The number of carbonyl (C=O) groups is 1. The lowest BCUT2D eigenvalue weighted by Crippen LogP contribution is -2.29. The molecule has 5 nitrogen and oxygen atoms in total. The van der Waals surface area contributed by atoms with Gasteiger partial charge >= 0.3 is 5.97 Å². The van der Waals surface area contributed by atoms with Crippen molar-refractivity contribution in [2.24, 2.45) is 5.92 Å². The van der Waals surface area contributed by atoms with Crippen LogP contribution in [0.15, 0.2) is 11.4 Å². The van der Waals surface area contributed by atoms with Crippen LogP contribution < -0.4 is 4.90 Å². The third-order valence-corrected chi connectivity index (χ3v) is 3.80. The van der Waals surface area contributed by atoms with E-state index < -0.39 is 11.9 Å². The number of aliphatic carboxylic acids is 1. The molecule has 6 heteroatoms. The molecule has 0 amide bonds. The minimum Gasteiger partial charge on any atom is -0.481 e. The van der Waals surface area contributed by atoms with Crippen molar-refractivity contribution < 1.29 is 9.90 Å². The van der Waals surface area contributed by atoms with E-state index in [1.54, 1.807) is 18.3 Å². The van der Waals surface area contributed by atoms with Gasteiger partial charge in [0.25, 0.3) is 0 Å². The van der Waals surface area contributed by atoms with E-state index in [2.05, 4.69) is 9.97 Å². The topological polar surface area (TPSA) is 66.3 Å². The van der Waals surface area contributed by atoms with Crippen LogP contribution in [-0.4, -0.2) is 34.6 Å². The normalized spacial score (nSPS) is 12.6. The van der Waals surface area contributed by atoms with Crippen LogP contribution in [0.3, 0.4) is 0 Å². The predicted octanol–water partition coefficient (Wildman–Crippen LogP) is 2.41. The smallest absolute Gasteiger partial charge is 0.308 e. The van der Waals surface area contributed by atoms with Crippen LogP contribution in [0.2, 0.25) is 0 Å². The van der Waals surface area contributed by atoms with Gasteiger partial charge in [-0.05, 0) is 11.4 Å². The van der Waals surface area contributed by atoms with Gasteiger partial charge in [0.2, 0.25) is 0 Å². The van der Waals surface area contributed by atoms with E-state index in [9.17, 15) is 4.79 Å². The monoisotopic (exact) mass is 279 g/mol. The van der Waals surface area contributed by atoms with E-state index in [0.29, 0.717) is 6.54 Å². The van der Waals surface area contributed by atoms with Gasteiger partial charge in [0, 0.05) is 20.0 Å². The number of anilines is 1. The Balaban J connectivity index is 2.37. The van der Waals surface area contributed by atoms with Crippen LogP contribution in [0.1, 0.15) is 19.7 Å². The molecule has 0 aliphatic carbocycles. The molecule has 1 atom stereocenters. The lowest BCUT2D eigenvalue weighted by molar-refractivity contribution is -0.140. The number of thiophene rings is 1. The summed E-state index contributed by atoms with van der Waals surface area (Å²) in [6.07, 6.45) is 0.767. The number of fused-ring (bicyclic) bond motifs is 1. The standard InChI is InChI=1S/C13H17N3O2S/c1-4-10-14-11(9-5-6-19-12(9)15-10)16(3)7-8(2)13(17)18/h5-6,8H,4,7H2,1-3H3,(H,17,18). The lowest BCUT2D eigenvalue weighted by atomic mass is 10.1. The Hall–Kier alpha value is -1.69. The first-order chi connectivity index (χ1) is 9.02. The summed E-state index contributed by atoms with van der Waals surface area (Å²) >= 11 is 1.58. The highest BCUT2D eigenvalue weighted by atomic mass is 32.1. The molecule has 0 aromatic carbocycles. The fraction of sp³-hybridized carbons (Fsp3) is 0.462. The molecule has 1 N–H and O–H groups in total. The zero-order chi connectivity index (χ0) is 14.0. The summed E-state index contributed by atoms with van der Waals surface area (Å²) in [7, 11) is 1.87. The summed E-state index contributed by atoms with van der Waals surface area (Å²) in [6, 6.07) is 1.98. The molecule has 2 aromatic heterocycles. The van der Waals surface area contributed by atoms with Crippen LogP contribution >= 0.6 is 11.3 Å². The number of hydrogen-bond donors (Lipinski definition) is 1. The van der Waals surface area contributed by atoms with Crippen LogP contribution in [0.5, 0.6) is 0 Å². The number of aromatic nitrogens is 2. The highest BCUT2D eigenvalue weighted by Crippen LogP contribution is 2.27. The number of hydrogen-bond acceptors (Lipinski definition) is 5. The maximum absolute atomic E-state index is 10.9. The van der Waals surface area contributed by atoms with Gasteiger partial charge in [-0.3, -0.25) is 4.79 Å². The van der Waals surface area contributed by atoms with Crippen LogP contribution in [0.25, 0.3) is 10.2 Å². The molecule has 0 saturated carbocycles. The third-order valence-electron chi connectivity index (χ3n) is 3.00. The fourth-order valence-electron chi connectivity index (χ4n) is 1.91. The molecule has 0 saturated heterocycles. The van der Waals surface area contributed by atoms with Gasteiger partial charge in [-0.1, -0.05) is 13.8 Å². The average molecular weight is 279 g/mol. The first-order valence-corrected chi connectivity index (χ1v) is 7.09. The van der Waals surface area contributed by atoms with Crippen molar-refractivity contribution in [3.05, 3.63) is 17.3 Å². The second-order valence-electron chi connectivity index (χ2n) is 4.58. The highest BCUT2D eigenvalue weighted by Gasteiger charge is 2.17. The molecule has 0 fully saturated rings. The zero-order valence-corrected chi connectivity index (χ0v) is 12.1. The summed E-state index contributed by atoms with van der Waals surface area (Å²) in [4.78, 5) is 22.8. The molecule has 1 unspecified atom stereocenters. The summed E-state index contributed by atoms with van der Waals surface area (Å²) in [5, 5.41) is 12.0. The molecular formula is C13H17N3O2S. The second-order valence-corrected chi connectivity index (χ2v) is 5.47. The summed E-state index contributed by atoms with van der Waals surface area (Å²) in [6.45, 7) is 4.14. The maximum Gasteiger partial charge on any atom is 0.308 e. The number of carboxylic acid groups (broad SMARTS) is 1. The van der Waals surface area contributed by atoms with Gasteiger partial charge < -0.3 is 10.0 Å². The van der Waals surface area contributed by atoms with E-state index in [-0.39, 0.29) is 0 Å². The van der Waals surface area contributed by atoms with Gasteiger partial charge in [0.05, 0.1) is 11.3 Å². The quantitative estimate of drug-likeness (QED) is 0.910. The SMILES string of the molecule is CCc1nc(N(C)CC(C)C(=O)O)c2ccsc2n1. The minimum absolute atomic E-state index is 0.431. The van der Waals surface area contributed by atoms with Crippen molar-refractivity contribution in [3.8, 4) is 0 Å². The molecule has 19 heavy (non-hydrogen) atoms. The highest BCUT2D eigenvalue weighted by molar-refractivity contribution is 7.16. The van der Waals surface area contributed by atoms with Crippen molar-refractivity contribution in [1.82, 2.24) is 9.97 Å². The Kier molecular flexibility index (Phi) is 3.99. The first-order valence-electron chi connectivity index (χ1n) is 6.21. The summed E-state index contributed by atoms with van der Waals surface area (Å²) in [5.74, 6) is 0.382. The minimum atomic E-state index is -0.793. The number of aryl methyl sites for hydroxylation is 1. The molecular weight excluding hydrogens is 262 g/mol. The predicted molar refractivity (Wildman–Crippen MR) is 76.9 cm³/mol. The van der Waals surface area contributed by atoms with Crippen molar-refractivity contribution >= 4 is 33.3 Å². The largest absolute Gasteiger partial charge is 0.481 e. The van der Waals surface area contributed by atoms with E-state index in [1.165, 1.54) is 0 Å². The average Bonchev–Trinajstić information content (AvgIpc) is 2.84. The van der Waals surface area contributed by atoms with Crippen molar-refractivity contribution in [2.75, 3.05) is 18.5 Å². The Morgan fingerprint density at radius 3 is 2.89 bits per heavy atom. The number of carboxylic acids is 1. The van der Waals surface area contributed by atoms with E-state index >= 15 is 0 Å². The maximum atomic E-state index is 10.9. The van der Waals surface area contributed by atoms with Crippen LogP contribution in [0, 0.1) is 5.92 Å². The Morgan fingerprint density at radius 1 is 1.53 bits per heavy atom. The van der Waals surface area contributed by atoms with Gasteiger partial charge in [0.15, 0.2) is 0 Å². The van der Waals surface area contributed by atoms with Crippen LogP contribution in [0.4, 0.5) is 5.82 Å². The first kappa shape index (κ1) is 13.7. The molecule has 102 valence electrons. The number of nitrogens with zero attached hydrogens (tertiary/aromatic N) is 3. The molecule has 0 aliphatic heterocycles. The zero-order valence-electron chi connectivity index (χ0n) is 11.3. The number of rotatable bonds is 5. The Morgan fingerprint density at radius 2 is 2.26 bits per heavy atom. The van der Waals surface area contributed by atoms with Crippen LogP contribution in [-0.2, 0) is 11.2 Å². The molecule has 2 rings (SSSR count). The van der Waals surface area contributed by atoms with Gasteiger partial charge in [0.1, 0.15) is 16.5 Å².